The number of hydrogen-bond acceptors (Lipinski definition) is 4. The first-order valence-electron chi connectivity index (χ1n) is 9.87. The van der Waals surface area contributed by atoms with Crippen LogP contribution in [0.15, 0.2) is 42.9 Å². The lowest BCUT2D eigenvalue weighted by Gasteiger charge is -2.33. The highest BCUT2D eigenvalue weighted by Crippen LogP contribution is 2.32. The molecule has 5 nitrogen and oxygen atoms in total. The molecule has 1 aromatic heterocycles. The molecule has 0 spiro atoms. The molecular formula is C21H25F3N4O. The van der Waals surface area contributed by atoms with Crippen molar-refractivity contribution >= 4 is 11.7 Å². The lowest BCUT2D eigenvalue weighted by Crippen LogP contribution is -2.44. The Morgan fingerprint density at radius 2 is 2.17 bits per heavy atom. The molecule has 1 N–H and O–H groups in total. The van der Waals surface area contributed by atoms with Gasteiger partial charge in [-0.1, -0.05) is 25.5 Å². The predicted octanol–water partition coefficient (Wildman–Crippen LogP) is 4.37. The van der Waals surface area contributed by atoms with Crippen molar-refractivity contribution in [3.8, 4) is 0 Å². The molecule has 2 atom stereocenters. The Balaban J connectivity index is 1.71. The average Bonchev–Trinajstić information content (AvgIpc) is 2.73. The van der Waals surface area contributed by atoms with Gasteiger partial charge in [-0.2, -0.15) is 13.2 Å². The highest BCUT2D eigenvalue weighted by atomic mass is 19.4. The van der Waals surface area contributed by atoms with E-state index in [0.29, 0.717) is 18.5 Å². The van der Waals surface area contributed by atoms with Crippen molar-refractivity contribution in [3.63, 3.8) is 0 Å². The molecule has 2 aromatic rings. The number of alkyl halides is 3. The molecule has 29 heavy (non-hydrogen) atoms. The van der Waals surface area contributed by atoms with E-state index >= 15 is 0 Å². The molecule has 0 saturated carbocycles. The number of carbonyl (C=O) groups is 1. The van der Waals surface area contributed by atoms with E-state index in [2.05, 4.69) is 15.3 Å². The van der Waals surface area contributed by atoms with Gasteiger partial charge >= 0.3 is 6.18 Å². The van der Waals surface area contributed by atoms with Crippen LogP contribution in [0.25, 0.3) is 0 Å². The van der Waals surface area contributed by atoms with Crippen LogP contribution in [0.2, 0.25) is 0 Å². The topological polar surface area (TPSA) is 58.1 Å². The van der Waals surface area contributed by atoms with Crippen molar-refractivity contribution < 1.29 is 18.0 Å². The Bertz CT molecular complexity index is 813. The SMILES string of the molecule is CCCC(NC(=O)C1CCCN(c2cnccn2)C1)c1cccc(C(F)(F)F)c1. The molecule has 2 heterocycles. The Kier molecular flexibility index (Phi) is 6.71. The number of aromatic nitrogens is 2. The normalized spacial score (nSPS) is 18.3. The molecule has 156 valence electrons. The maximum absolute atomic E-state index is 13.1. The largest absolute Gasteiger partial charge is 0.416 e. The van der Waals surface area contributed by atoms with E-state index in [1.165, 1.54) is 6.07 Å². The van der Waals surface area contributed by atoms with Gasteiger partial charge in [0.15, 0.2) is 0 Å². The van der Waals surface area contributed by atoms with Crippen LogP contribution in [-0.2, 0) is 11.0 Å². The third-order valence-electron chi connectivity index (χ3n) is 5.18. The van der Waals surface area contributed by atoms with E-state index in [4.69, 9.17) is 0 Å². The van der Waals surface area contributed by atoms with Crippen LogP contribution in [0.5, 0.6) is 0 Å². The van der Waals surface area contributed by atoms with Crippen LogP contribution in [-0.4, -0.2) is 29.0 Å². The fraction of sp³-hybridized carbons (Fsp3) is 0.476. The first kappa shape index (κ1) is 21.1. The molecule has 1 amide bonds. The van der Waals surface area contributed by atoms with Gasteiger partial charge in [-0.05, 0) is 37.0 Å². The Hall–Kier alpha value is -2.64. The highest BCUT2D eigenvalue weighted by Gasteiger charge is 2.32. The lowest BCUT2D eigenvalue weighted by atomic mass is 9.95. The van der Waals surface area contributed by atoms with E-state index in [-0.39, 0.29) is 11.8 Å². The Morgan fingerprint density at radius 3 is 2.86 bits per heavy atom. The maximum atomic E-state index is 13.1. The van der Waals surface area contributed by atoms with Gasteiger partial charge in [-0.15, -0.1) is 0 Å². The van der Waals surface area contributed by atoms with Crippen LogP contribution in [0, 0.1) is 5.92 Å². The molecule has 8 heteroatoms. The number of hydrogen-bond donors (Lipinski definition) is 1. The fourth-order valence-corrected chi connectivity index (χ4v) is 3.69. The van der Waals surface area contributed by atoms with Crippen molar-refractivity contribution in [3.05, 3.63) is 54.0 Å². The predicted molar refractivity (Wildman–Crippen MR) is 104 cm³/mol. The molecule has 1 fully saturated rings. The first-order chi connectivity index (χ1) is 13.9. The summed E-state index contributed by atoms with van der Waals surface area (Å²) in [7, 11) is 0. The summed E-state index contributed by atoms with van der Waals surface area (Å²) in [5.41, 5.74) is -0.214. The van der Waals surface area contributed by atoms with Gasteiger partial charge in [0, 0.05) is 25.5 Å². The summed E-state index contributed by atoms with van der Waals surface area (Å²) < 4.78 is 39.2. The second-order valence-corrected chi connectivity index (χ2v) is 7.32. The van der Waals surface area contributed by atoms with Crippen LogP contribution in [0.4, 0.5) is 19.0 Å². The lowest BCUT2D eigenvalue weighted by molar-refractivity contribution is -0.137. The van der Waals surface area contributed by atoms with Crippen molar-refractivity contribution in [2.24, 2.45) is 5.92 Å². The number of halogens is 3. The number of piperidine rings is 1. The second-order valence-electron chi connectivity index (χ2n) is 7.32. The van der Waals surface area contributed by atoms with Crippen molar-refractivity contribution in [1.82, 2.24) is 15.3 Å². The summed E-state index contributed by atoms with van der Waals surface area (Å²) in [4.78, 5) is 23.3. The van der Waals surface area contributed by atoms with Gasteiger partial charge in [-0.3, -0.25) is 9.78 Å². The van der Waals surface area contributed by atoms with E-state index in [1.54, 1.807) is 24.7 Å². The van der Waals surface area contributed by atoms with Crippen LogP contribution in [0.3, 0.4) is 0 Å². The minimum atomic E-state index is -4.41. The molecule has 0 radical (unpaired) electrons. The van der Waals surface area contributed by atoms with E-state index in [1.807, 2.05) is 11.8 Å². The summed E-state index contributed by atoms with van der Waals surface area (Å²) in [6.07, 6.45) is 3.39. The van der Waals surface area contributed by atoms with Gasteiger partial charge in [0.25, 0.3) is 0 Å². The maximum Gasteiger partial charge on any atom is 0.416 e. The van der Waals surface area contributed by atoms with Crippen molar-refractivity contribution in [2.75, 3.05) is 18.0 Å². The number of amides is 1. The molecule has 2 unspecified atom stereocenters. The van der Waals surface area contributed by atoms with Gasteiger partial charge in [0.05, 0.1) is 23.7 Å². The van der Waals surface area contributed by atoms with Gasteiger partial charge in [-0.25, -0.2) is 4.98 Å². The van der Waals surface area contributed by atoms with Crippen molar-refractivity contribution in [2.45, 2.75) is 44.8 Å². The molecule has 1 aromatic carbocycles. The average molecular weight is 406 g/mol. The van der Waals surface area contributed by atoms with E-state index < -0.39 is 17.8 Å². The Morgan fingerprint density at radius 1 is 1.34 bits per heavy atom. The minimum Gasteiger partial charge on any atom is -0.355 e. The molecule has 1 saturated heterocycles. The van der Waals surface area contributed by atoms with E-state index in [9.17, 15) is 18.0 Å². The highest BCUT2D eigenvalue weighted by molar-refractivity contribution is 5.80. The zero-order valence-corrected chi connectivity index (χ0v) is 16.3. The van der Waals surface area contributed by atoms with Crippen LogP contribution < -0.4 is 10.2 Å². The molecule has 3 rings (SSSR count). The zero-order chi connectivity index (χ0) is 20.9. The third kappa shape index (κ3) is 5.46. The van der Waals surface area contributed by atoms with Crippen LogP contribution in [0.1, 0.15) is 49.8 Å². The van der Waals surface area contributed by atoms with Gasteiger partial charge in [0.1, 0.15) is 5.82 Å². The minimum absolute atomic E-state index is 0.130. The number of rotatable bonds is 6. The van der Waals surface area contributed by atoms with Crippen molar-refractivity contribution in [1.29, 1.82) is 0 Å². The van der Waals surface area contributed by atoms with Gasteiger partial charge in [0.2, 0.25) is 5.91 Å². The molecule has 0 aliphatic carbocycles. The fourth-order valence-electron chi connectivity index (χ4n) is 3.69. The second kappa shape index (κ2) is 9.24. The van der Waals surface area contributed by atoms with E-state index in [0.717, 1.165) is 43.8 Å². The Labute approximate surface area is 168 Å². The summed E-state index contributed by atoms with van der Waals surface area (Å²) in [6.45, 7) is 3.27. The van der Waals surface area contributed by atoms with Gasteiger partial charge < -0.3 is 10.2 Å². The number of nitrogens with zero attached hydrogens (tertiary/aromatic N) is 3. The molecule has 0 bridgehead atoms. The summed E-state index contributed by atoms with van der Waals surface area (Å²) in [5, 5.41) is 2.99. The first-order valence-corrected chi connectivity index (χ1v) is 9.87. The molecule has 1 aliphatic rings. The number of benzene rings is 1. The molecular weight excluding hydrogens is 381 g/mol. The number of carbonyl (C=O) groups excluding carboxylic acids is 1. The number of nitrogens with one attached hydrogen (secondary N) is 1. The summed E-state index contributed by atoms with van der Waals surface area (Å²) in [5.74, 6) is 0.360. The zero-order valence-electron chi connectivity index (χ0n) is 16.3. The smallest absolute Gasteiger partial charge is 0.355 e. The third-order valence-corrected chi connectivity index (χ3v) is 5.18. The van der Waals surface area contributed by atoms with Crippen LogP contribution >= 0.6 is 0 Å². The number of anilines is 1. The summed E-state index contributed by atoms with van der Waals surface area (Å²) >= 11 is 0. The summed E-state index contributed by atoms with van der Waals surface area (Å²) in [6, 6.07) is 4.77. The monoisotopic (exact) mass is 406 g/mol. The molecule has 1 aliphatic heterocycles. The standard InChI is InChI=1S/C21H25F3N4O/c1-2-5-18(15-6-3-8-17(12-15)21(22,23)24)27-20(29)16-7-4-11-28(14-16)19-13-25-9-10-26-19/h3,6,8-10,12-13,16,18H,2,4-5,7,11,14H2,1H3,(H,27,29). The quantitative estimate of drug-likeness (QED) is 0.774.